The topological polar surface area (TPSA) is 72.3 Å². The highest BCUT2D eigenvalue weighted by Gasteiger charge is 2.32. The molecule has 4 rings (SSSR count). The van der Waals surface area contributed by atoms with Gasteiger partial charge in [-0.2, -0.15) is 0 Å². The standard InChI is InChI=1S/C29H37FN6O/c1-6-26(34-29-25(31-4)14-9-19(2)33-29)36-18-21(16-27(36)37)17-32-15-7-8-23-24(30)13-12-22-11-10-20(3)35(5)28(22)23/h10-13,21,32-33H,2-4,6-9,14-18H2,1,5H3/t21-/m0/s1. The molecule has 0 spiro atoms. The van der Waals surface area contributed by atoms with Crippen LogP contribution in [0, 0.1) is 11.7 Å². The second kappa shape index (κ2) is 11.7. The molecule has 7 nitrogen and oxygen atoms in total. The number of halogens is 1. The lowest BCUT2D eigenvalue weighted by Crippen LogP contribution is -2.34. The molecule has 1 atom stereocenters. The van der Waals surface area contributed by atoms with Crippen LogP contribution in [-0.2, 0) is 11.2 Å². The van der Waals surface area contributed by atoms with Gasteiger partial charge in [0.2, 0.25) is 5.91 Å². The number of allylic oxidation sites excluding steroid dienone is 3. The van der Waals surface area contributed by atoms with E-state index >= 15 is 0 Å². The average Bonchev–Trinajstić information content (AvgIpc) is 3.25. The van der Waals surface area contributed by atoms with E-state index in [2.05, 4.69) is 35.5 Å². The molecule has 196 valence electrons. The number of benzene rings is 1. The van der Waals surface area contributed by atoms with Crippen molar-refractivity contribution in [2.45, 2.75) is 45.4 Å². The van der Waals surface area contributed by atoms with Gasteiger partial charge in [0.05, 0.1) is 11.4 Å². The lowest BCUT2D eigenvalue weighted by Gasteiger charge is -2.28. The van der Waals surface area contributed by atoms with Crippen molar-refractivity contribution >= 4 is 30.2 Å². The zero-order valence-electron chi connectivity index (χ0n) is 21.9. The number of carbonyl (C=O) groups excluding carboxylic acids is 1. The number of fused-ring (bicyclic) bond motifs is 1. The normalized spacial score (nSPS) is 20.0. The highest BCUT2D eigenvalue weighted by Crippen LogP contribution is 2.34. The molecule has 3 heterocycles. The average molecular weight is 505 g/mol. The largest absolute Gasteiger partial charge is 0.344 e. The molecule has 0 aliphatic carbocycles. The number of amidine groups is 1. The van der Waals surface area contributed by atoms with E-state index < -0.39 is 0 Å². The summed E-state index contributed by atoms with van der Waals surface area (Å²) in [6.07, 6.45) is 8.02. The fourth-order valence-corrected chi connectivity index (χ4v) is 5.10. The van der Waals surface area contributed by atoms with E-state index in [1.807, 2.05) is 37.1 Å². The molecule has 3 aliphatic rings. The summed E-state index contributed by atoms with van der Waals surface area (Å²) in [7, 11) is 1.93. The summed E-state index contributed by atoms with van der Waals surface area (Å²) in [6.45, 7) is 15.8. The van der Waals surface area contributed by atoms with Crippen LogP contribution < -0.4 is 15.5 Å². The number of hydrogen-bond donors (Lipinski definition) is 2. The number of rotatable bonds is 9. The Morgan fingerprint density at radius 2 is 2.08 bits per heavy atom. The van der Waals surface area contributed by atoms with E-state index in [9.17, 15) is 9.18 Å². The van der Waals surface area contributed by atoms with E-state index in [-0.39, 0.29) is 17.6 Å². The summed E-state index contributed by atoms with van der Waals surface area (Å²) in [5.41, 5.74) is 5.17. The number of nitrogens with zero attached hydrogens (tertiary/aromatic N) is 4. The van der Waals surface area contributed by atoms with Crippen molar-refractivity contribution in [3.05, 3.63) is 71.2 Å². The lowest BCUT2D eigenvalue weighted by atomic mass is 9.98. The molecule has 8 heteroatoms. The van der Waals surface area contributed by atoms with Gasteiger partial charge in [0.1, 0.15) is 11.7 Å². The Hall–Kier alpha value is -3.52. The molecular weight excluding hydrogens is 467 g/mol. The first-order valence-corrected chi connectivity index (χ1v) is 13.0. The van der Waals surface area contributed by atoms with Gasteiger partial charge in [0.15, 0.2) is 5.82 Å². The minimum Gasteiger partial charge on any atom is -0.344 e. The maximum absolute atomic E-state index is 14.7. The third-order valence-corrected chi connectivity index (χ3v) is 7.19. The van der Waals surface area contributed by atoms with Gasteiger partial charge in [-0.3, -0.25) is 14.7 Å². The number of nitrogens with one attached hydrogen (secondary N) is 2. The van der Waals surface area contributed by atoms with Crippen molar-refractivity contribution in [1.29, 1.82) is 0 Å². The van der Waals surface area contributed by atoms with Crippen molar-refractivity contribution in [2.24, 2.45) is 15.9 Å². The highest BCUT2D eigenvalue weighted by atomic mass is 19.1. The molecule has 2 N–H and O–H groups in total. The zero-order valence-corrected chi connectivity index (χ0v) is 21.9. The SMILES string of the molecule is C=NC1=C(N=C(CC)N2C[C@H](CNCCCc3c(F)ccc4c3N(C)C(=C)C=C4)CC2=O)NC(=C)CC1. The van der Waals surface area contributed by atoms with E-state index in [0.29, 0.717) is 31.6 Å². The first kappa shape index (κ1) is 26.5. The predicted octanol–water partition coefficient (Wildman–Crippen LogP) is 4.75. The van der Waals surface area contributed by atoms with Gasteiger partial charge in [-0.15, -0.1) is 0 Å². The van der Waals surface area contributed by atoms with Gasteiger partial charge in [-0.05, 0) is 68.6 Å². The minimum absolute atomic E-state index is 0.0880. The fourth-order valence-electron chi connectivity index (χ4n) is 5.10. The molecule has 0 aromatic heterocycles. The second-order valence-electron chi connectivity index (χ2n) is 9.79. The Bertz CT molecular complexity index is 1200. The molecule has 1 saturated heterocycles. The fraction of sp³-hybridized carbons (Fsp3) is 0.414. The predicted molar refractivity (Wildman–Crippen MR) is 150 cm³/mol. The van der Waals surface area contributed by atoms with Crippen LogP contribution in [-0.4, -0.2) is 50.0 Å². The van der Waals surface area contributed by atoms with E-state index in [1.54, 1.807) is 11.0 Å². The molecule has 1 amide bonds. The van der Waals surface area contributed by atoms with Crippen LogP contribution >= 0.6 is 0 Å². The Balaban J connectivity index is 1.31. The number of aliphatic imine (C=N–C) groups is 2. The number of likely N-dealkylation sites (tertiary alicyclic amines) is 1. The molecular formula is C29H37FN6O. The number of hydrogen-bond acceptors (Lipinski definition) is 6. The molecule has 1 aromatic rings. The Morgan fingerprint density at radius 1 is 1.27 bits per heavy atom. The molecule has 0 radical (unpaired) electrons. The minimum atomic E-state index is -0.182. The molecule has 1 aromatic carbocycles. The highest BCUT2D eigenvalue weighted by molar-refractivity contribution is 6.00. The number of anilines is 1. The molecule has 3 aliphatic heterocycles. The maximum atomic E-state index is 14.7. The molecule has 0 saturated carbocycles. The monoisotopic (exact) mass is 504 g/mol. The van der Waals surface area contributed by atoms with E-state index in [1.165, 1.54) is 0 Å². The first-order chi connectivity index (χ1) is 17.8. The summed E-state index contributed by atoms with van der Waals surface area (Å²) in [5, 5.41) is 6.67. The van der Waals surface area contributed by atoms with Crippen molar-refractivity contribution < 1.29 is 9.18 Å². The van der Waals surface area contributed by atoms with Crippen LogP contribution in [0.2, 0.25) is 0 Å². The zero-order chi connectivity index (χ0) is 26.5. The van der Waals surface area contributed by atoms with E-state index in [0.717, 1.165) is 72.1 Å². The van der Waals surface area contributed by atoms with Crippen LogP contribution in [0.5, 0.6) is 0 Å². The third kappa shape index (κ3) is 5.91. The van der Waals surface area contributed by atoms with Gasteiger partial charge in [0, 0.05) is 49.9 Å². The van der Waals surface area contributed by atoms with Crippen LogP contribution in [0.25, 0.3) is 6.08 Å². The van der Waals surface area contributed by atoms with Crippen LogP contribution in [0.1, 0.15) is 50.2 Å². The van der Waals surface area contributed by atoms with Crippen LogP contribution in [0.3, 0.4) is 0 Å². The number of amides is 1. The van der Waals surface area contributed by atoms with Crippen molar-refractivity contribution in [2.75, 3.05) is 31.6 Å². The lowest BCUT2D eigenvalue weighted by molar-refractivity contribution is -0.124. The van der Waals surface area contributed by atoms with Crippen molar-refractivity contribution in [3.8, 4) is 0 Å². The Morgan fingerprint density at radius 3 is 2.84 bits per heavy atom. The van der Waals surface area contributed by atoms with Crippen LogP contribution in [0.15, 0.2) is 64.3 Å². The second-order valence-corrected chi connectivity index (χ2v) is 9.79. The Labute approximate surface area is 219 Å². The smallest absolute Gasteiger partial charge is 0.228 e. The van der Waals surface area contributed by atoms with Gasteiger partial charge in [0.25, 0.3) is 0 Å². The quantitative estimate of drug-likeness (QED) is 0.289. The molecule has 0 unspecified atom stereocenters. The summed E-state index contributed by atoms with van der Waals surface area (Å²) in [4.78, 5) is 25.4. The van der Waals surface area contributed by atoms with Crippen LogP contribution in [0.4, 0.5) is 10.1 Å². The molecule has 1 fully saturated rings. The van der Waals surface area contributed by atoms with Gasteiger partial charge >= 0.3 is 0 Å². The summed E-state index contributed by atoms with van der Waals surface area (Å²) in [6, 6.07) is 3.36. The number of carbonyl (C=O) groups is 1. The van der Waals surface area contributed by atoms with Gasteiger partial charge in [-0.25, -0.2) is 9.38 Å². The summed E-state index contributed by atoms with van der Waals surface area (Å²) < 4.78 is 14.7. The maximum Gasteiger partial charge on any atom is 0.228 e. The first-order valence-electron chi connectivity index (χ1n) is 13.0. The summed E-state index contributed by atoms with van der Waals surface area (Å²) >= 11 is 0. The van der Waals surface area contributed by atoms with Crippen molar-refractivity contribution in [1.82, 2.24) is 15.5 Å². The van der Waals surface area contributed by atoms with Crippen molar-refractivity contribution in [3.63, 3.8) is 0 Å². The molecule has 0 bridgehead atoms. The number of likely N-dealkylation sites (N-methyl/N-ethyl adjacent to an activating group) is 1. The van der Waals surface area contributed by atoms with Gasteiger partial charge < -0.3 is 15.5 Å². The Kier molecular flexibility index (Phi) is 8.38. The van der Waals surface area contributed by atoms with E-state index in [4.69, 9.17) is 4.99 Å². The van der Waals surface area contributed by atoms with Gasteiger partial charge in [-0.1, -0.05) is 26.2 Å². The third-order valence-electron chi connectivity index (χ3n) is 7.19. The molecule has 37 heavy (non-hydrogen) atoms. The summed E-state index contributed by atoms with van der Waals surface area (Å²) in [5.74, 6) is 1.47.